The molecule has 0 saturated carbocycles. The highest BCUT2D eigenvalue weighted by Gasteiger charge is 2.41. The Morgan fingerprint density at radius 2 is 0.938 bits per heavy atom. The lowest BCUT2D eigenvalue weighted by Crippen LogP contribution is -2.35. The summed E-state index contributed by atoms with van der Waals surface area (Å²) in [5.41, 5.74) is -2.35. The van der Waals surface area contributed by atoms with E-state index in [-0.39, 0.29) is 40.2 Å². The van der Waals surface area contributed by atoms with Gasteiger partial charge in [0.25, 0.3) is 0 Å². The van der Waals surface area contributed by atoms with Crippen LogP contribution in [0.3, 0.4) is 0 Å². The summed E-state index contributed by atoms with van der Waals surface area (Å²) in [6.45, 7) is 0. The van der Waals surface area contributed by atoms with Crippen LogP contribution in [0.5, 0.6) is 92.0 Å². The van der Waals surface area contributed by atoms with Gasteiger partial charge in [-0.3, -0.25) is 0 Å². The summed E-state index contributed by atoms with van der Waals surface area (Å²) < 4.78 is 23.8. The number of aliphatic hydroxyl groups excluding tert-OH is 1. The Kier molecular flexibility index (Phi) is 10.2. The van der Waals surface area contributed by atoms with E-state index >= 15 is 0 Å². The summed E-state index contributed by atoms with van der Waals surface area (Å²) in [5, 5.41) is 147. The van der Waals surface area contributed by atoms with Gasteiger partial charge in [-0.15, -0.1) is 0 Å². The zero-order valence-corrected chi connectivity index (χ0v) is 32.4. The minimum atomic E-state index is -1.55. The van der Waals surface area contributed by atoms with Gasteiger partial charge in [0, 0.05) is 41.7 Å². The van der Waals surface area contributed by atoms with Crippen LogP contribution in [0.2, 0.25) is 0 Å². The van der Waals surface area contributed by atoms with Gasteiger partial charge in [-0.2, -0.15) is 0 Å². The standard InChI is InChI=1S/C44H34O20/c45-21-3-1-15(5-23(21)47)40-31(55)11-19-32(61-40)13-25(49)35(37(19)56)36-26(50)14-33-20(42(36)64-44(60)18-9-29(53)39(58)30(54)10-18)12-34(41(62-33)16-2-4-22(46)24(48)6-16)63-43(59)17-7-27(51)38(57)28(52)8-17/h1-10,13-14,31,34,40-41,45-58H,11-12H2. The third kappa shape index (κ3) is 7.28. The molecule has 2 heterocycles. The van der Waals surface area contributed by atoms with Crippen molar-refractivity contribution in [2.45, 2.75) is 37.3 Å². The molecule has 14 N–H and O–H groups in total. The lowest BCUT2D eigenvalue weighted by molar-refractivity contribution is -0.0189. The van der Waals surface area contributed by atoms with Crippen LogP contribution in [0.4, 0.5) is 0 Å². The topological polar surface area (TPSA) is 354 Å². The molecule has 0 spiro atoms. The minimum absolute atomic E-state index is 0.0664. The number of phenolic OH excluding ortho intramolecular Hbond substituents is 13. The highest BCUT2D eigenvalue weighted by molar-refractivity contribution is 5.97. The average molecular weight is 883 g/mol. The van der Waals surface area contributed by atoms with E-state index in [0.717, 1.165) is 60.7 Å². The van der Waals surface area contributed by atoms with Crippen LogP contribution < -0.4 is 14.2 Å². The van der Waals surface area contributed by atoms with Gasteiger partial charge in [-0.25, -0.2) is 9.59 Å². The van der Waals surface area contributed by atoms with Gasteiger partial charge < -0.3 is 90.4 Å². The molecule has 0 saturated heterocycles. The third-order valence-corrected chi connectivity index (χ3v) is 10.7. The molecule has 6 aromatic carbocycles. The molecule has 6 aromatic rings. The van der Waals surface area contributed by atoms with Gasteiger partial charge in [0.15, 0.2) is 63.6 Å². The number of esters is 2. The molecule has 4 unspecified atom stereocenters. The normalized spacial score (nSPS) is 17.6. The van der Waals surface area contributed by atoms with Gasteiger partial charge in [-0.05, 0) is 54.1 Å². The van der Waals surface area contributed by atoms with Crippen LogP contribution in [0.15, 0.2) is 72.8 Å². The number of carbonyl (C=O) groups excluding carboxylic acids is 2. The molecule has 4 atom stereocenters. The largest absolute Gasteiger partial charge is 0.507 e. The molecule has 20 heteroatoms. The molecule has 20 nitrogen and oxygen atoms in total. The second-order valence-corrected chi connectivity index (χ2v) is 14.8. The second kappa shape index (κ2) is 15.6. The SMILES string of the molecule is O=C(Oc1c2c(cc(O)c1-c1c(O)cc3c(c1O)CC(O)C(c1ccc(O)c(O)c1)O3)OC(c1ccc(O)c(O)c1)C(OC(=O)c1cc(O)c(O)c(O)c1)C2)c1cc(O)c(O)c(O)c1. The van der Waals surface area contributed by atoms with Crippen molar-refractivity contribution in [1.29, 1.82) is 0 Å². The number of hydrogen-bond acceptors (Lipinski definition) is 20. The zero-order valence-electron chi connectivity index (χ0n) is 32.4. The first-order valence-electron chi connectivity index (χ1n) is 18.8. The molecule has 2 aliphatic rings. The maximum atomic E-state index is 13.9. The van der Waals surface area contributed by atoms with Gasteiger partial charge in [0.1, 0.15) is 46.7 Å². The van der Waals surface area contributed by atoms with Crippen LogP contribution in [0.1, 0.15) is 55.2 Å². The molecular formula is C44H34O20. The number of ether oxygens (including phenoxy) is 4. The van der Waals surface area contributed by atoms with E-state index in [1.54, 1.807) is 0 Å². The number of benzene rings is 6. The Morgan fingerprint density at radius 3 is 1.47 bits per heavy atom. The van der Waals surface area contributed by atoms with Crippen LogP contribution in [-0.2, 0) is 17.6 Å². The Bertz CT molecular complexity index is 2880. The maximum absolute atomic E-state index is 13.9. The fraction of sp³-hybridized carbons (Fsp3) is 0.136. The molecule has 0 radical (unpaired) electrons. The van der Waals surface area contributed by atoms with Gasteiger partial charge in [-0.1, -0.05) is 12.1 Å². The number of aliphatic hydroxyl groups is 1. The first-order chi connectivity index (χ1) is 30.3. The first kappa shape index (κ1) is 41.9. The molecule has 0 aromatic heterocycles. The van der Waals surface area contributed by atoms with E-state index in [2.05, 4.69) is 0 Å². The Hall–Kier alpha value is -8.78. The van der Waals surface area contributed by atoms with Crippen molar-refractivity contribution in [3.8, 4) is 103 Å². The fourth-order valence-electron chi connectivity index (χ4n) is 7.50. The number of rotatable bonds is 7. The van der Waals surface area contributed by atoms with Crippen LogP contribution >= 0.6 is 0 Å². The zero-order chi connectivity index (χ0) is 46.0. The third-order valence-electron chi connectivity index (χ3n) is 10.7. The summed E-state index contributed by atoms with van der Waals surface area (Å²) in [7, 11) is 0. The average Bonchev–Trinajstić information content (AvgIpc) is 3.24. The molecule has 330 valence electrons. The second-order valence-electron chi connectivity index (χ2n) is 14.8. The molecule has 0 fully saturated rings. The first-order valence-corrected chi connectivity index (χ1v) is 18.8. The summed E-state index contributed by atoms with van der Waals surface area (Å²) in [5.74, 6) is -14.0. The van der Waals surface area contributed by atoms with Crippen molar-refractivity contribution in [1.82, 2.24) is 0 Å². The monoisotopic (exact) mass is 882 g/mol. The van der Waals surface area contributed by atoms with Crippen LogP contribution in [0, 0.1) is 0 Å². The lowest BCUT2D eigenvalue weighted by atomic mass is 9.87. The molecule has 0 bridgehead atoms. The lowest BCUT2D eigenvalue weighted by Gasteiger charge is -2.35. The highest BCUT2D eigenvalue weighted by atomic mass is 16.6. The summed E-state index contributed by atoms with van der Waals surface area (Å²) in [6.07, 6.45) is -6.52. The van der Waals surface area contributed by atoms with Gasteiger partial charge in [0.2, 0.25) is 0 Å². The molecule has 64 heavy (non-hydrogen) atoms. The Labute approximate surface area is 358 Å². The van der Waals surface area contributed by atoms with E-state index in [9.17, 15) is 81.1 Å². The number of carbonyl (C=O) groups is 2. The van der Waals surface area contributed by atoms with Gasteiger partial charge in [0.05, 0.1) is 28.4 Å². The number of fused-ring (bicyclic) bond motifs is 2. The Morgan fingerprint density at radius 1 is 0.469 bits per heavy atom. The molecule has 0 aliphatic carbocycles. The summed E-state index contributed by atoms with van der Waals surface area (Å²) in [6, 6.07) is 12.1. The van der Waals surface area contributed by atoms with Crippen molar-refractivity contribution in [3.05, 3.63) is 106 Å². The van der Waals surface area contributed by atoms with Gasteiger partial charge >= 0.3 is 11.9 Å². The molecular weight excluding hydrogens is 848 g/mol. The van der Waals surface area contributed by atoms with Crippen molar-refractivity contribution in [3.63, 3.8) is 0 Å². The Balaban J connectivity index is 1.29. The fourth-order valence-corrected chi connectivity index (χ4v) is 7.50. The smallest absolute Gasteiger partial charge is 0.343 e. The predicted octanol–water partition coefficient (Wildman–Crippen LogP) is 4.68. The van der Waals surface area contributed by atoms with E-state index in [4.69, 9.17) is 18.9 Å². The van der Waals surface area contributed by atoms with Crippen molar-refractivity contribution >= 4 is 11.9 Å². The van der Waals surface area contributed by atoms with E-state index in [1.165, 1.54) is 12.1 Å². The van der Waals surface area contributed by atoms with Crippen molar-refractivity contribution in [2.24, 2.45) is 0 Å². The highest BCUT2D eigenvalue weighted by Crippen LogP contribution is 2.57. The number of hydrogen-bond donors (Lipinski definition) is 14. The molecule has 0 amide bonds. The quantitative estimate of drug-likeness (QED) is 0.0587. The number of phenols is 13. The van der Waals surface area contributed by atoms with E-state index < -0.39 is 146 Å². The summed E-state index contributed by atoms with van der Waals surface area (Å²) >= 11 is 0. The van der Waals surface area contributed by atoms with Crippen LogP contribution in [0.25, 0.3) is 11.1 Å². The minimum Gasteiger partial charge on any atom is -0.507 e. The van der Waals surface area contributed by atoms with E-state index in [1.807, 2.05) is 0 Å². The van der Waals surface area contributed by atoms with Crippen molar-refractivity contribution < 1.29 is 100 Å². The predicted molar refractivity (Wildman–Crippen MR) is 214 cm³/mol. The number of aromatic hydroxyl groups is 13. The van der Waals surface area contributed by atoms with E-state index in [0.29, 0.717) is 0 Å². The molecule has 8 rings (SSSR count). The molecule has 2 aliphatic heterocycles. The maximum Gasteiger partial charge on any atom is 0.343 e. The van der Waals surface area contributed by atoms with Crippen LogP contribution in [-0.4, -0.2) is 95.6 Å². The summed E-state index contributed by atoms with van der Waals surface area (Å²) in [4.78, 5) is 27.5. The van der Waals surface area contributed by atoms with Crippen molar-refractivity contribution in [2.75, 3.05) is 0 Å².